The number of carbonyl (C=O) groups excluding carboxylic acids is 3. The van der Waals surface area contributed by atoms with Gasteiger partial charge in [0.15, 0.2) is 0 Å². The first-order chi connectivity index (χ1) is 7.58. The molecule has 0 bridgehead atoms. The van der Waals surface area contributed by atoms with E-state index in [4.69, 9.17) is 0 Å². The van der Waals surface area contributed by atoms with Crippen molar-refractivity contribution in [1.29, 1.82) is 0 Å². The third kappa shape index (κ3) is 1.40. The summed E-state index contributed by atoms with van der Waals surface area (Å²) < 4.78 is 0. The zero-order valence-corrected chi connectivity index (χ0v) is 10.2. The summed E-state index contributed by atoms with van der Waals surface area (Å²) in [7, 11) is 1.45. The summed E-state index contributed by atoms with van der Waals surface area (Å²) in [5.74, 6) is -0.613. The van der Waals surface area contributed by atoms with E-state index in [0.29, 0.717) is 25.9 Å². The number of urea groups is 1. The Kier molecular flexibility index (Phi) is 2.67. The van der Waals surface area contributed by atoms with Crippen LogP contribution in [-0.4, -0.2) is 53.8 Å². The predicted octanol–water partition coefficient (Wildman–Crippen LogP) is -0.419. The molecule has 94 valence electrons. The van der Waals surface area contributed by atoms with Crippen molar-refractivity contribution in [2.24, 2.45) is 5.41 Å². The number of barbiturate groups is 1. The van der Waals surface area contributed by atoms with E-state index in [0.717, 1.165) is 4.90 Å². The van der Waals surface area contributed by atoms with Crippen LogP contribution in [-0.2, 0) is 9.59 Å². The number of imide groups is 2. The van der Waals surface area contributed by atoms with Crippen LogP contribution in [0.1, 0.15) is 12.8 Å². The van der Waals surface area contributed by atoms with Gasteiger partial charge in [0.05, 0.1) is 6.04 Å². The van der Waals surface area contributed by atoms with Crippen molar-refractivity contribution in [2.75, 3.05) is 20.1 Å². The molecule has 2 saturated heterocycles. The summed E-state index contributed by atoms with van der Waals surface area (Å²) in [6.45, 7) is 1.27. The molecule has 0 radical (unpaired) electrons. The van der Waals surface area contributed by atoms with Crippen molar-refractivity contribution in [3.05, 3.63) is 0 Å². The molecule has 1 aliphatic carbocycles. The maximum absolute atomic E-state index is 12.1. The van der Waals surface area contributed by atoms with Crippen LogP contribution in [0.4, 0.5) is 4.79 Å². The summed E-state index contributed by atoms with van der Waals surface area (Å²) in [5.41, 5.74) is -0.891. The Balaban J connectivity index is 0.00000108. The first-order valence-electron chi connectivity index (χ1n) is 5.44. The molecule has 3 aliphatic rings. The van der Waals surface area contributed by atoms with Gasteiger partial charge in [-0.2, -0.15) is 0 Å². The van der Waals surface area contributed by atoms with E-state index in [9.17, 15) is 14.4 Å². The highest BCUT2D eigenvalue weighted by molar-refractivity contribution is 6.20. The van der Waals surface area contributed by atoms with E-state index in [-0.39, 0.29) is 30.3 Å². The van der Waals surface area contributed by atoms with Crippen LogP contribution in [0.2, 0.25) is 0 Å². The molecule has 3 fully saturated rings. The van der Waals surface area contributed by atoms with Gasteiger partial charge in [-0.1, -0.05) is 0 Å². The van der Waals surface area contributed by atoms with E-state index in [1.54, 1.807) is 0 Å². The lowest BCUT2D eigenvalue weighted by Gasteiger charge is -2.43. The number of hydrogen-bond donors (Lipinski definition) is 1. The summed E-state index contributed by atoms with van der Waals surface area (Å²) in [4.78, 5) is 38.2. The molecule has 17 heavy (non-hydrogen) atoms. The van der Waals surface area contributed by atoms with Crippen molar-refractivity contribution >= 4 is 30.3 Å². The van der Waals surface area contributed by atoms with Crippen molar-refractivity contribution in [2.45, 2.75) is 18.9 Å². The molecular weight excluding hydrogens is 246 g/mol. The lowest BCUT2D eigenvalue weighted by Crippen LogP contribution is -2.68. The summed E-state index contributed by atoms with van der Waals surface area (Å²) >= 11 is 0. The Labute approximate surface area is 105 Å². The minimum atomic E-state index is -0.891. The second-order valence-electron chi connectivity index (χ2n) is 4.72. The van der Waals surface area contributed by atoms with Gasteiger partial charge in [0.2, 0.25) is 11.8 Å². The van der Waals surface area contributed by atoms with Gasteiger partial charge in [0.25, 0.3) is 0 Å². The number of hydrogen-bond acceptors (Lipinski definition) is 4. The SMILES string of the molecule is CN1C(=O)N(C2CNC2)C(=O)C2(CC2)C1=O.Cl. The minimum Gasteiger partial charge on any atom is -0.312 e. The highest BCUT2D eigenvalue weighted by atomic mass is 35.5. The molecular formula is C10H14ClN3O3. The number of rotatable bonds is 1. The van der Waals surface area contributed by atoms with E-state index in [1.165, 1.54) is 11.9 Å². The second-order valence-corrected chi connectivity index (χ2v) is 4.72. The van der Waals surface area contributed by atoms with Crippen molar-refractivity contribution < 1.29 is 14.4 Å². The van der Waals surface area contributed by atoms with Crippen LogP contribution < -0.4 is 5.32 Å². The van der Waals surface area contributed by atoms with Gasteiger partial charge < -0.3 is 5.32 Å². The average Bonchev–Trinajstić information content (AvgIpc) is 2.98. The van der Waals surface area contributed by atoms with Crippen molar-refractivity contribution in [1.82, 2.24) is 15.1 Å². The standard InChI is InChI=1S/C10H13N3O3.ClH/c1-12-7(14)10(2-3-10)8(15)13(9(12)16)6-4-11-5-6;/h6,11H,2-5H2,1H3;1H. The summed E-state index contributed by atoms with van der Waals surface area (Å²) in [5, 5.41) is 3.02. The van der Waals surface area contributed by atoms with Crippen LogP contribution in [0.25, 0.3) is 0 Å². The minimum absolute atomic E-state index is 0. The molecule has 7 heteroatoms. The summed E-state index contributed by atoms with van der Waals surface area (Å²) in [6.07, 6.45) is 1.16. The van der Waals surface area contributed by atoms with Crippen LogP contribution in [0.3, 0.4) is 0 Å². The van der Waals surface area contributed by atoms with Crippen LogP contribution in [0, 0.1) is 5.41 Å². The van der Waals surface area contributed by atoms with Gasteiger partial charge in [-0.25, -0.2) is 4.79 Å². The number of nitrogens with one attached hydrogen (secondary N) is 1. The fraction of sp³-hybridized carbons (Fsp3) is 0.700. The zero-order valence-electron chi connectivity index (χ0n) is 9.43. The fourth-order valence-corrected chi connectivity index (χ4v) is 2.31. The molecule has 1 saturated carbocycles. The Hall–Kier alpha value is -1.14. The third-order valence-electron chi connectivity index (χ3n) is 3.71. The molecule has 6 nitrogen and oxygen atoms in total. The lowest BCUT2D eigenvalue weighted by molar-refractivity contribution is -0.152. The second kappa shape index (κ2) is 3.68. The number of amides is 4. The highest BCUT2D eigenvalue weighted by Crippen LogP contribution is 2.51. The molecule has 1 spiro atoms. The van der Waals surface area contributed by atoms with Gasteiger partial charge in [-0.15, -0.1) is 12.4 Å². The Morgan fingerprint density at radius 3 is 2.18 bits per heavy atom. The first kappa shape index (κ1) is 12.3. The Bertz CT molecular complexity index is 404. The van der Waals surface area contributed by atoms with Crippen LogP contribution >= 0.6 is 12.4 Å². The monoisotopic (exact) mass is 259 g/mol. The van der Waals surface area contributed by atoms with Crippen molar-refractivity contribution in [3.8, 4) is 0 Å². The van der Waals surface area contributed by atoms with Crippen LogP contribution in [0.15, 0.2) is 0 Å². The Morgan fingerprint density at radius 1 is 1.18 bits per heavy atom. The predicted molar refractivity (Wildman–Crippen MR) is 60.6 cm³/mol. The van der Waals surface area contributed by atoms with E-state index < -0.39 is 11.4 Å². The Morgan fingerprint density at radius 2 is 1.76 bits per heavy atom. The van der Waals surface area contributed by atoms with Gasteiger partial charge in [-0.3, -0.25) is 19.4 Å². The third-order valence-corrected chi connectivity index (χ3v) is 3.71. The molecule has 0 aromatic carbocycles. The molecule has 2 heterocycles. The molecule has 4 amide bonds. The zero-order chi connectivity index (χ0) is 11.5. The van der Waals surface area contributed by atoms with Gasteiger partial charge in [0.1, 0.15) is 5.41 Å². The molecule has 1 N–H and O–H groups in total. The number of halogens is 1. The average molecular weight is 260 g/mol. The molecule has 3 rings (SSSR count). The first-order valence-corrected chi connectivity index (χ1v) is 5.44. The maximum Gasteiger partial charge on any atom is 0.333 e. The number of carbonyl (C=O) groups is 3. The van der Waals surface area contributed by atoms with Crippen LogP contribution in [0.5, 0.6) is 0 Å². The summed E-state index contributed by atoms with van der Waals surface area (Å²) in [6, 6.07) is -0.549. The molecule has 0 atom stereocenters. The van der Waals surface area contributed by atoms with Gasteiger partial charge >= 0.3 is 6.03 Å². The van der Waals surface area contributed by atoms with E-state index in [1.807, 2.05) is 0 Å². The fourth-order valence-electron chi connectivity index (χ4n) is 2.31. The lowest BCUT2D eigenvalue weighted by atomic mass is 9.98. The van der Waals surface area contributed by atoms with E-state index >= 15 is 0 Å². The smallest absolute Gasteiger partial charge is 0.312 e. The highest BCUT2D eigenvalue weighted by Gasteiger charge is 2.65. The normalized spacial score (nSPS) is 27.0. The quantitative estimate of drug-likeness (QED) is 0.650. The topological polar surface area (TPSA) is 69.7 Å². The molecule has 2 aliphatic heterocycles. The van der Waals surface area contributed by atoms with Gasteiger partial charge in [0, 0.05) is 20.1 Å². The van der Waals surface area contributed by atoms with Gasteiger partial charge in [-0.05, 0) is 12.8 Å². The maximum atomic E-state index is 12.1. The van der Waals surface area contributed by atoms with Crippen molar-refractivity contribution in [3.63, 3.8) is 0 Å². The molecule has 0 unspecified atom stereocenters. The molecule has 0 aromatic heterocycles. The molecule has 0 aromatic rings. The van der Waals surface area contributed by atoms with E-state index in [2.05, 4.69) is 5.32 Å². The largest absolute Gasteiger partial charge is 0.333 e. The number of nitrogens with zero attached hydrogens (tertiary/aromatic N) is 2.